The molecule has 3 nitrogen and oxygen atoms in total. The summed E-state index contributed by atoms with van der Waals surface area (Å²) in [4.78, 5) is 8.27. The Hall–Kier alpha value is -1.74. The van der Waals surface area contributed by atoms with Gasteiger partial charge in [-0.1, -0.05) is 45.0 Å². The lowest BCUT2D eigenvalue weighted by Gasteiger charge is -2.19. The van der Waals surface area contributed by atoms with Crippen LogP contribution in [0.1, 0.15) is 32.2 Å². The van der Waals surface area contributed by atoms with Crippen molar-refractivity contribution in [1.82, 2.24) is 9.97 Å². The third-order valence-electron chi connectivity index (χ3n) is 2.89. The summed E-state index contributed by atoms with van der Waals surface area (Å²) in [5.41, 5.74) is 3.33. The van der Waals surface area contributed by atoms with Crippen LogP contribution >= 0.6 is 0 Å². The van der Waals surface area contributed by atoms with E-state index < -0.39 is 0 Å². The van der Waals surface area contributed by atoms with Gasteiger partial charge in [0.1, 0.15) is 6.61 Å². The highest BCUT2D eigenvalue weighted by Crippen LogP contribution is 2.25. The first-order chi connectivity index (χ1) is 8.50. The van der Waals surface area contributed by atoms with Crippen LogP contribution in [0.2, 0.25) is 0 Å². The summed E-state index contributed by atoms with van der Waals surface area (Å²) in [6, 6.07) is 10.2. The van der Waals surface area contributed by atoms with Crippen LogP contribution in [0, 0.1) is 0 Å². The van der Waals surface area contributed by atoms with Crippen LogP contribution in [0.5, 0.6) is 0 Å². The first-order valence-electron chi connectivity index (χ1n) is 6.04. The number of nitrogens with zero attached hydrogens (tertiary/aromatic N) is 2. The average Bonchev–Trinajstić information content (AvgIpc) is 2.38. The Bertz CT molecular complexity index is 527. The van der Waals surface area contributed by atoms with Gasteiger partial charge in [0.05, 0.1) is 5.69 Å². The standard InChI is InChI=1S/C15H18N2O/c1-15(2,3)12-6-4-11(5-7-12)13-8-9-16-14(10-18)17-13/h4-9,18H,10H2,1-3H3. The second-order valence-corrected chi connectivity index (χ2v) is 5.34. The molecule has 1 heterocycles. The Balaban J connectivity index is 2.34. The molecule has 0 saturated carbocycles. The van der Waals surface area contributed by atoms with Crippen LogP contribution in [0.3, 0.4) is 0 Å². The third kappa shape index (κ3) is 2.74. The number of aliphatic hydroxyl groups is 1. The molecule has 1 aromatic heterocycles. The molecule has 0 bridgehead atoms. The zero-order valence-corrected chi connectivity index (χ0v) is 11.0. The lowest BCUT2D eigenvalue weighted by atomic mass is 9.86. The Morgan fingerprint density at radius 2 is 1.72 bits per heavy atom. The summed E-state index contributed by atoms with van der Waals surface area (Å²) in [5.74, 6) is 0.451. The van der Waals surface area contributed by atoms with Gasteiger partial charge in [0.25, 0.3) is 0 Å². The topological polar surface area (TPSA) is 46.0 Å². The van der Waals surface area contributed by atoms with Gasteiger partial charge < -0.3 is 5.11 Å². The van der Waals surface area contributed by atoms with Gasteiger partial charge >= 0.3 is 0 Å². The summed E-state index contributed by atoms with van der Waals surface area (Å²) in [5, 5.41) is 9.03. The average molecular weight is 242 g/mol. The molecule has 1 N–H and O–H groups in total. The largest absolute Gasteiger partial charge is 0.388 e. The molecule has 0 unspecified atom stereocenters. The third-order valence-corrected chi connectivity index (χ3v) is 2.89. The second-order valence-electron chi connectivity index (χ2n) is 5.34. The fourth-order valence-electron chi connectivity index (χ4n) is 1.78. The maximum absolute atomic E-state index is 9.03. The Morgan fingerprint density at radius 1 is 1.06 bits per heavy atom. The Kier molecular flexibility index (Phi) is 3.43. The van der Waals surface area contributed by atoms with Gasteiger partial charge in [0, 0.05) is 11.8 Å². The number of hydrogen-bond donors (Lipinski definition) is 1. The van der Waals surface area contributed by atoms with Crippen molar-refractivity contribution in [3.8, 4) is 11.3 Å². The highest BCUT2D eigenvalue weighted by molar-refractivity contribution is 5.59. The van der Waals surface area contributed by atoms with Crippen molar-refractivity contribution in [2.24, 2.45) is 0 Å². The molecule has 1 aromatic carbocycles. The van der Waals surface area contributed by atoms with Crippen molar-refractivity contribution in [2.45, 2.75) is 32.8 Å². The molecule has 0 atom stereocenters. The van der Waals surface area contributed by atoms with Crippen LogP contribution in [0.15, 0.2) is 36.5 Å². The second kappa shape index (κ2) is 4.86. The van der Waals surface area contributed by atoms with E-state index in [1.165, 1.54) is 5.56 Å². The van der Waals surface area contributed by atoms with E-state index in [0.29, 0.717) is 5.82 Å². The van der Waals surface area contributed by atoms with E-state index in [1.54, 1.807) is 6.20 Å². The maximum Gasteiger partial charge on any atom is 0.154 e. The van der Waals surface area contributed by atoms with E-state index in [1.807, 2.05) is 6.07 Å². The molecule has 0 aliphatic rings. The normalized spacial score (nSPS) is 11.6. The molecule has 2 rings (SSSR count). The highest BCUT2D eigenvalue weighted by atomic mass is 16.3. The molecule has 0 saturated heterocycles. The number of rotatable bonds is 2. The number of hydrogen-bond acceptors (Lipinski definition) is 3. The van der Waals surface area contributed by atoms with E-state index in [9.17, 15) is 0 Å². The van der Waals surface area contributed by atoms with Gasteiger partial charge in [0.2, 0.25) is 0 Å². The minimum absolute atomic E-state index is 0.131. The van der Waals surface area contributed by atoms with Gasteiger partial charge in [-0.05, 0) is 17.0 Å². The monoisotopic (exact) mass is 242 g/mol. The molecule has 0 aliphatic carbocycles. The first kappa shape index (κ1) is 12.7. The van der Waals surface area contributed by atoms with Crippen molar-refractivity contribution in [2.75, 3.05) is 0 Å². The van der Waals surface area contributed by atoms with E-state index in [0.717, 1.165) is 11.3 Å². The molecule has 0 fully saturated rings. The van der Waals surface area contributed by atoms with Crippen LogP contribution in [-0.2, 0) is 12.0 Å². The molecule has 0 spiro atoms. The molecule has 18 heavy (non-hydrogen) atoms. The van der Waals surface area contributed by atoms with Crippen LogP contribution in [0.25, 0.3) is 11.3 Å². The lowest BCUT2D eigenvalue weighted by molar-refractivity contribution is 0.271. The van der Waals surface area contributed by atoms with Crippen molar-refractivity contribution < 1.29 is 5.11 Å². The smallest absolute Gasteiger partial charge is 0.154 e. The van der Waals surface area contributed by atoms with Crippen molar-refractivity contribution >= 4 is 0 Å². The number of benzene rings is 1. The number of aromatic nitrogens is 2. The maximum atomic E-state index is 9.03. The molecule has 0 aliphatic heterocycles. The molecule has 3 heteroatoms. The van der Waals surface area contributed by atoms with Gasteiger partial charge in [-0.25, -0.2) is 9.97 Å². The van der Waals surface area contributed by atoms with E-state index in [2.05, 4.69) is 55.0 Å². The van der Waals surface area contributed by atoms with Gasteiger partial charge in [-0.2, -0.15) is 0 Å². The summed E-state index contributed by atoms with van der Waals surface area (Å²) in [7, 11) is 0. The summed E-state index contributed by atoms with van der Waals surface area (Å²) in [6.07, 6.45) is 1.67. The van der Waals surface area contributed by atoms with Crippen molar-refractivity contribution in [3.05, 3.63) is 47.9 Å². The van der Waals surface area contributed by atoms with Crippen molar-refractivity contribution in [3.63, 3.8) is 0 Å². The van der Waals surface area contributed by atoms with Crippen LogP contribution in [0.4, 0.5) is 0 Å². The molecule has 94 valence electrons. The minimum atomic E-state index is -0.131. The fraction of sp³-hybridized carbons (Fsp3) is 0.333. The van der Waals surface area contributed by atoms with Crippen molar-refractivity contribution in [1.29, 1.82) is 0 Å². The zero-order chi connectivity index (χ0) is 13.2. The van der Waals surface area contributed by atoms with Crippen LogP contribution < -0.4 is 0 Å². The summed E-state index contributed by atoms with van der Waals surface area (Å²) < 4.78 is 0. The minimum Gasteiger partial charge on any atom is -0.388 e. The number of aliphatic hydroxyl groups excluding tert-OH is 1. The molecular formula is C15H18N2O. The van der Waals surface area contributed by atoms with Crippen LogP contribution in [-0.4, -0.2) is 15.1 Å². The van der Waals surface area contributed by atoms with E-state index >= 15 is 0 Å². The van der Waals surface area contributed by atoms with E-state index in [4.69, 9.17) is 5.11 Å². The summed E-state index contributed by atoms with van der Waals surface area (Å²) >= 11 is 0. The molecule has 0 radical (unpaired) electrons. The lowest BCUT2D eigenvalue weighted by Crippen LogP contribution is -2.10. The summed E-state index contributed by atoms with van der Waals surface area (Å²) in [6.45, 7) is 6.44. The van der Waals surface area contributed by atoms with Gasteiger partial charge in [-0.3, -0.25) is 0 Å². The zero-order valence-electron chi connectivity index (χ0n) is 11.0. The molecule has 2 aromatic rings. The predicted molar refractivity (Wildman–Crippen MR) is 72.1 cm³/mol. The molecule has 0 amide bonds. The predicted octanol–water partition coefficient (Wildman–Crippen LogP) is 2.93. The molecular weight excluding hydrogens is 224 g/mol. The Labute approximate surface area is 108 Å². The fourth-order valence-corrected chi connectivity index (χ4v) is 1.78. The Morgan fingerprint density at radius 3 is 2.28 bits per heavy atom. The van der Waals surface area contributed by atoms with Gasteiger partial charge in [0.15, 0.2) is 5.82 Å². The van der Waals surface area contributed by atoms with Gasteiger partial charge in [-0.15, -0.1) is 0 Å². The SMILES string of the molecule is CC(C)(C)c1ccc(-c2ccnc(CO)n2)cc1. The first-order valence-corrected chi connectivity index (χ1v) is 6.04. The van der Waals surface area contributed by atoms with E-state index in [-0.39, 0.29) is 12.0 Å². The quantitative estimate of drug-likeness (QED) is 0.880. The highest BCUT2D eigenvalue weighted by Gasteiger charge is 2.13.